The van der Waals surface area contributed by atoms with Crippen molar-refractivity contribution in [3.8, 4) is 0 Å². The van der Waals surface area contributed by atoms with Gasteiger partial charge in [0.15, 0.2) is 0 Å². The minimum atomic E-state index is -0.858. The van der Waals surface area contributed by atoms with Gasteiger partial charge < -0.3 is 20.1 Å². The number of thioether (sulfide) groups is 1. The summed E-state index contributed by atoms with van der Waals surface area (Å²) in [5, 5.41) is 11.7. The van der Waals surface area contributed by atoms with Crippen LogP contribution in [0.5, 0.6) is 0 Å². The van der Waals surface area contributed by atoms with E-state index in [1.807, 2.05) is 0 Å². The Hall–Kier alpha value is -0.950. The Bertz CT molecular complexity index is 349. The van der Waals surface area contributed by atoms with Crippen LogP contribution in [0.2, 0.25) is 0 Å². The van der Waals surface area contributed by atoms with Gasteiger partial charge in [0.25, 0.3) is 0 Å². The predicted octanol–water partition coefficient (Wildman–Crippen LogP) is 1.01. The molecule has 1 saturated carbocycles. The molecular formula is C13H22N2O4S. The zero-order valence-corrected chi connectivity index (χ0v) is 12.4. The van der Waals surface area contributed by atoms with Gasteiger partial charge in [-0.15, -0.1) is 0 Å². The maximum atomic E-state index is 12.1. The number of hydrogen-bond donors (Lipinski definition) is 2. The lowest BCUT2D eigenvalue weighted by Crippen LogP contribution is -2.51. The van der Waals surface area contributed by atoms with Crippen molar-refractivity contribution in [2.75, 3.05) is 37.8 Å². The molecule has 0 aromatic heterocycles. The Labute approximate surface area is 123 Å². The smallest absolute Gasteiger partial charge is 0.317 e. The molecule has 1 unspecified atom stereocenters. The molecule has 2 rings (SSSR count). The molecule has 20 heavy (non-hydrogen) atoms. The van der Waals surface area contributed by atoms with Gasteiger partial charge in [-0.25, -0.2) is 4.79 Å². The highest BCUT2D eigenvalue weighted by molar-refractivity contribution is 7.99. The molecule has 114 valence electrons. The fourth-order valence-corrected chi connectivity index (χ4v) is 3.22. The third kappa shape index (κ3) is 5.20. The number of hydrogen-bond acceptors (Lipinski definition) is 4. The molecule has 2 N–H and O–H groups in total. The summed E-state index contributed by atoms with van der Waals surface area (Å²) in [6.45, 7) is 2.40. The summed E-state index contributed by atoms with van der Waals surface area (Å²) >= 11 is 1.70. The van der Waals surface area contributed by atoms with E-state index in [1.54, 1.807) is 16.7 Å². The quantitative estimate of drug-likeness (QED) is 0.686. The number of rotatable bonds is 7. The van der Waals surface area contributed by atoms with Crippen LogP contribution in [0.15, 0.2) is 0 Å². The Morgan fingerprint density at radius 2 is 2.20 bits per heavy atom. The van der Waals surface area contributed by atoms with Crippen LogP contribution < -0.4 is 5.32 Å². The maximum Gasteiger partial charge on any atom is 0.317 e. The number of urea groups is 1. The molecule has 1 heterocycles. The van der Waals surface area contributed by atoms with Crippen LogP contribution >= 0.6 is 11.8 Å². The van der Waals surface area contributed by atoms with Crippen LogP contribution in [0.25, 0.3) is 0 Å². The largest absolute Gasteiger partial charge is 0.481 e. The van der Waals surface area contributed by atoms with E-state index in [9.17, 15) is 9.59 Å². The van der Waals surface area contributed by atoms with Crippen LogP contribution in [0.3, 0.4) is 0 Å². The Morgan fingerprint density at radius 3 is 2.90 bits per heavy atom. The lowest BCUT2D eigenvalue weighted by molar-refractivity contribution is -0.138. The van der Waals surface area contributed by atoms with Crippen molar-refractivity contribution >= 4 is 23.8 Å². The van der Waals surface area contributed by atoms with Gasteiger partial charge in [0, 0.05) is 31.2 Å². The predicted molar refractivity (Wildman–Crippen MR) is 77.0 cm³/mol. The molecule has 0 aromatic rings. The average Bonchev–Trinajstić information content (AvgIpc) is 3.22. The fourth-order valence-electron chi connectivity index (χ4n) is 2.16. The summed E-state index contributed by atoms with van der Waals surface area (Å²) in [7, 11) is 0. The molecule has 2 amide bonds. The highest BCUT2D eigenvalue weighted by atomic mass is 32.2. The molecule has 2 aliphatic rings. The molecule has 0 radical (unpaired) electrons. The van der Waals surface area contributed by atoms with Gasteiger partial charge in [-0.3, -0.25) is 4.79 Å². The second kappa shape index (κ2) is 7.73. The van der Waals surface area contributed by atoms with Crippen molar-refractivity contribution in [3.05, 3.63) is 0 Å². The molecule has 1 aliphatic carbocycles. The second-order valence-electron chi connectivity index (χ2n) is 5.27. The number of carboxylic acid groups (broad SMARTS) is 1. The summed E-state index contributed by atoms with van der Waals surface area (Å²) in [6.07, 6.45) is 2.53. The first kappa shape index (κ1) is 15.4. The van der Waals surface area contributed by atoms with Crippen LogP contribution in [-0.2, 0) is 9.53 Å². The van der Waals surface area contributed by atoms with Gasteiger partial charge in [0.05, 0.1) is 19.1 Å². The molecule has 0 bridgehead atoms. The number of nitrogens with zero attached hydrogens (tertiary/aromatic N) is 1. The topological polar surface area (TPSA) is 78.9 Å². The summed E-state index contributed by atoms with van der Waals surface area (Å²) < 4.78 is 5.46. The zero-order chi connectivity index (χ0) is 14.4. The minimum absolute atomic E-state index is 0.0125. The first-order chi connectivity index (χ1) is 9.66. The number of carbonyl (C=O) groups excluding carboxylic acids is 1. The van der Waals surface area contributed by atoms with Gasteiger partial charge >= 0.3 is 12.0 Å². The molecule has 0 aromatic carbocycles. The number of amides is 2. The van der Waals surface area contributed by atoms with Gasteiger partial charge in [-0.1, -0.05) is 0 Å². The summed E-state index contributed by atoms with van der Waals surface area (Å²) in [5.41, 5.74) is 0. The highest BCUT2D eigenvalue weighted by Gasteiger charge is 2.28. The van der Waals surface area contributed by atoms with Crippen molar-refractivity contribution in [2.24, 2.45) is 5.92 Å². The Balaban J connectivity index is 1.66. The van der Waals surface area contributed by atoms with Crippen molar-refractivity contribution in [1.29, 1.82) is 0 Å². The van der Waals surface area contributed by atoms with E-state index in [0.29, 0.717) is 25.4 Å². The van der Waals surface area contributed by atoms with Gasteiger partial charge in [0.1, 0.15) is 0 Å². The van der Waals surface area contributed by atoms with Crippen molar-refractivity contribution in [3.63, 3.8) is 0 Å². The molecule has 7 heteroatoms. The van der Waals surface area contributed by atoms with Crippen LogP contribution in [0, 0.1) is 5.92 Å². The zero-order valence-electron chi connectivity index (χ0n) is 11.5. The summed E-state index contributed by atoms with van der Waals surface area (Å²) in [6, 6.07) is -0.384. The third-order valence-electron chi connectivity index (χ3n) is 3.47. The normalized spacial score (nSPS) is 22.6. The SMILES string of the molecule is O=C(O)CC1CSCCN1C(=O)NCCOCC1CC1. The van der Waals surface area contributed by atoms with E-state index >= 15 is 0 Å². The second-order valence-corrected chi connectivity index (χ2v) is 6.42. The fraction of sp³-hybridized carbons (Fsp3) is 0.846. The summed E-state index contributed by atoms with van der Waals surface area (Å²) in [5.74, 6) is 1.42. The third-order valence-corrected chi connectivity index (χ3v) is 4.56. The number of aliphatic carboxylic acids is 1. The molecular weight excluding hydrogens is 280 g/mol. The first-order valence-corrected chi connectivity index (χ1v) is 8.24. The Morgan fingerprint density at radius 1 is 1.40 bits per heavy atom. The van der Waals surface area contributed by atoms with E-state index < -0.39 is 5.97 Å². The van der Waals surface area contributed by atoms with Gasteiger partial charge in [-0.2, -0.15) is 11.8 Å². The van der Waals surface area contributed by atoms with E-state index in [-0.39, 0.29) is 18.5 Å². The molecule has 1 saturated heterocycles. The first-order valence-electron chi connectivity index (χ1n) is 7.08. The maximum absolute atomic E-state index is 12.1. The molecule has 1 aliphatic heterocycles. The molecule has 0 spiro atoms. The standard InChI is InChI=1S/C13H22N2O4S/c16-12(17)7-11-9-20-6-4-15(11)13(18)14-3-5-19-8-10-1-2-10/h10-11H,1-9H2,(H,14,18)(H,16,17). The number of carboxylic acids is 1. The average molecular weight is 302 g/mol. The van der Waals surface area contributed by atoms with Gasteiger partial charge in [0.2, 0.25) is 0 Å². The van der Waals surface area contributed by atoms with E-state index in [2.05, 4.69) is 5.32 Å². The van der Waals surface area contributed by atoms with Crippen LogP contribution in [0.1, 0.15) is 19.3 Å². The van der Waals surface area contributed by atoms with E-state index in [0.717, 1.165) is 18.3 Å². The summed E-state index contributed by atoms with van der Waals surface area (Å²) in [4.78, 5) is 24.5. The number of ether oxygens (including phenoxy) is 1. The lowest BCUT2D eigenvalue weighted by Gasteiger charge is -2.34. The van der Waals surface area contributed by atoms with Crippen molar-refractivity contribution in [1.82, 2.24) is 10.2 Å². The number of carbonyl (C=O) groups is 2. The highest BCUT2D eigenvalue weighted by Crippen LogP contribution is 2.28. The lowest BCUT2D eigenvalue weighted by atomic mass is 10.2. The minimum Gasteiger partial charge on any atom is -0.481 e. The van der Waals surface area contributed by atoms with Crippen molar-refractivity contribution < 1.29 is 19.4 Å². The monoisotopic (exact) mass is 302 g/mol. The van der Waals surface area contributed by atoms with Crippen LogP contribution in [0.4, 0.5) is 4.79 Å². The molecule has 1 atom stereocenters. The van der Waals surface area contributed by atoms with Crippen molar-refractivity contribution in [2.45, 2.75) is 25.3 Å². The van der Waals surface area contributed by atoms with E-state index in [1.165, 1.54) is 12.8 Å². The number of nitrogens with one attached hydrogen (secondary N) is 1. The molecule has 6 nitrogen and oxygen atoms in total. The van der Waals surface area contributed by atoms with Gasteiger partial charge in [-0.05, 0) is 18.8 Å². The van der Waals surface area contributed by atoms with Crippen LogP contribution in [-0.4, -0.2) is 65.9 Å². The van der Waals surface area contributed by atoms with E-state index in [4.69, 9.17) is 9.84 Å². The Kier molecular flexibility index (Phi) is 5.97. The molecule has 2 fully saturated rings.